The van der Waals surface area contributed by atoms with Crippen molar-refractivity contribution in [3.8, 4) is 11.5 Å². The molecule has 0 spiro atoms. The van der Waals surface area contributed by atoms with Gasteiger partial charge in [-0.3, -0.25) is 9.59 Å². The van der Waals surface area contributed by atoms with Crippen molar-refractivity contribution in [2.24, 2.45) is 0 Å². The van der Waals surface area contributed by atoms with Gasteiger partial charge in [0.1, 0.15) is 11.5 Å². The number of carbonyl (C=O) groups excluding carboxylic acids is 2. The summed E-state index contributed by atoms with van der Waals surface area (Å²) in [6.45, 7) is 5.55. The number of amides is 2. The van der Waals surface area contributed by atoms with E-state index >= 15 is 0 Å². The fourth-order valence-electron chi connectivity index (χ4n) is 3.52. The van der Waals surface area contributed by atoms with Gasteiger partial charge in [-0.25, -0.2) is 0 Å². The van der Waals surface area contributed by atoms with E-state index in [9.17, 15) is 9.59 Å². The second-order valence-electron chi connectivity index (χ2n) is 7.63. The molecule has 0 aliphatic carbocycles. The Morgan fingerprint density at radius 2 is 1.68 bits per heavy atom. The summed E-state index contributed by atoms with van der Waals surface area (Å²) in [6.07, 6.45) is 1.22. The lowest BCUT2D eigenvalue weighted by Gasteiger charge is -2.33. The molecular formula is C24H29ClN2O4. The van der Waals surface area contributed by atoms with Gasteiger partial charge in [0.05, 0.1) is 13.0 Å². The van der Waals surface area contributed by atoms with Gasteiger partial charge >= 0.3 is 0 Å². The number of hydrogen-bond acceptors (Lipinski definition) is 4. The van der Waals surface area contributed by atoms with Crippen LogP contribution in [0.3, 0.4) is 0 Å². The highest BCUT2D eigenvalue weighted by molar-refractivity contribution is 6.30. The lowest BCUT2D eigenvalue weighted by molar-refractivity contribution is -0.132. The Balaban J connectivity index is 1.41. The second-order valence-corrected chi connectivity index (χ2v) is 8.07. The molecular weight excluding hydrogens is 416 g/mol. The van der Waals surface area contributed by atoms with Crippen LogP contribution in [0, 0.1) is 0 Å². The first-order valence-corrected chi connectivity index (χ1v) is 11.0. The zero-order valence-corrected chi connectivity index (χ0v) is 18.7. The molecule has 166 valence electrons. The minimum absolute atomic E-state index is 0.0401. The predicted molar refractivity (Wildman–Crippen MR) is 121 cm³/mol. The Labute approximate surface area is 188 Å². The summed E-state index contributed by atoms with van der Waals surface area (Å²) in [5, 5.41) is 3.65. The zero-order valence-electron chi connectivity index (χ0n) is 18.0. The molecule has 2 amide bonds. The molecule has 3 rings (SSSR count). The van der Waals surface area contributed by atoms with Crippen molar-refractivity contribution in [3.63, 3.8) is 0 Å². The van der Waals surface area contributed by atoms with Crippen molar-refractivity contribution in [3.05, 3.63) is 59.1 Å². The van der Waals surface area contributed by atoms with Gasteiger partial charge in [0.15, 0.2) is 6.10 Å². The van der Waals surface area contributed by atoms with E-state index in [-0.39, 0.29) is 17.9 Å². The van der Waals surface area contributed by atoms with Crippen molar-refractivity contribution in [2.45, 2.75) is 45.3 Å². The van der Waals surface area contributed by atoms with E-state index in [0.29, 0.717) is 36.9 Å². The van der Waals surface area contributed by atoms with Crippen LogP contribution in [0.2, 0.25) is 5.02 Å². The molecule has 0 saturated carbocycles. The number of hydrogen-bond donors (Lipinski definition) is 1. The Kier molecular flexibility index (Phi) is 8.18. The standard InChI is InChI=1S/C24H29ClN2O4/c1-3-30-21-8-4-18(5-9-21)16-23(28)27-14-12-20(13-15-27)26-24(29)17(2)31-22-10-6-19(25)7-11-22/h4-11,17,20H,3,12-16H2,1-2H3,(H,26,29). The molecule has 1 aliphatic heterocycles. The van der Waals surface area contributed by atoms with Gasteiger partial charge in [-0.1, -0.05) is 23.7 Å². The van der Waals surface area contributed by atoms with Crippen molar-refractivity contribution < 1.29 is 19.1 Å². The van der Waals surface area contributed by atoms with Crippen LogP contribution in [0.4, 0.5) is 0 Å². The fraction of sp³-hybridized carbons (Fsp3) is 0.417. The number of likely N-dealkylation sites (tertiary alicyclic amines) is 1. The SMILES string of the molecule is CCOc1ccc(CC(=O)N2CCC(NC(=O)C(C)Oc3ccc(Cl)cc3)CC2)cc1. The van der Waals surface area contributed by atoms with Gasteiger partial charge in [-0.05, 0) is 68.7 Å². The van der Waals surface area contributed by atoms with Gasteiger partial charge in [-0.15, -0.1) is 0 Å². The molecule has 31 heavy (non-hydrogen) atoms. The van der Waals surface area contributed by atoms with Gasteiger partial charge in [0.2, 0.25) is 5.91 Å². The molecule has 1 fully saturated rings. The van der Waals surface area contributed by atoms with Crippen molar-refractivity contribution in [1.29, 1.82) is 0 Å². The highest BCUT2D eigenvalue weighted by Crippen LogP contribution is 2.18. The third kappa shape index (κ3) is 6.89. The minimum Gasteiger partial charge on any atom is -0.494 e. The first kappa shape index (κ1) is 22.9. The first-order valence-electron chi connectivity index (χ1n) is 10.7. The average molecular weight is 445 g/mol. The molecule has 6 nitrogen and oxygen atoms in total. The molecule has 2 aromatic carbocycles. The van der Waals surface area contributed by atoms with Crippen LogP contribution in [-0.2, 0) is 16.0 Å². The molecule has 1 atom stereocenters. The Hall–Kier alpha value is -2.73. The molecule has 2 aromatic rings. The predicted octanol–water partition coefficient (Wildman–Crippen LogP) is 3.86. The molecule has 1 heterocycles. The van der Waals surface area contributed by atoms with Gasteiger partial charge in [-0.2, -0.15) is 0 Å². The Morgan fingerprint density at radius 3 is 2.29 bits per heavy atom. The first-order chi connectivity index (χ1) is 14.9. The second kappa shape index (κ2) is 11.0. The van der Waals surface area contributed by atoms with E-state index in [1.54, 1.807) is 31.2 Å². The number of piperidine rings is 1. The monoisotopic (exact) mass is 444 g/mol. The summed E-state index contributed by atoms with van der Waals surface area (Å²) in [6, 6.07) is 14.6. The fourth-order valence-corrected chi connectivity index (χ4v) is 3.65. The maximum absolute atomic E-state index is 12.6. The molecule has 1 saturated heterocycles. The van der Waals surface area contributed by atoms with E-state index in [0.717, 1.165) is 24.2 Å². The van der Waals surface area contributed by atoms with E-state index in [1.807, 2.05) is 36.1 Å². The van der Waals surface area contributed by atoms with Crippen LogP contribution in [0.25, 0.3) is 0 Å². The summed E-state index contributed by atoms with van der Waals surface area (Å²) in [4.78, 5) is 26.9. The highest BCUT2D eigenvalue weighted by atomic mass is 35.5. The molecule has 0 radical (unpaired) electrons. The third-order valence-electron chi connectivity index (χ3n) is 5.28. The third-order valence-corrected chi connectivity index (χ3v) is 5.53. The Bertz CT molecular complexity index is 862. The maximum atomic E-state index is 12.6. The summed E-state index contributed by atoms with van der Waals surface area (Å²) in [7, 11) is 0. The maximum Gasteiger partial charge on any atom is 0.260 e. The minimum atomic E-state index is -0.611. The van der Waals surface area contributed by atoms with Crippen LogP contribution in [0.1, 0.15) is 32.3 Å². The highest BCUT2D eigenvalue weighted by Gasteiger charge is 2.25. The van der Waals surface area contributed by atoms with Crippen LogP contribution in [0.5, 0.6) is 11.5 Å². The van der Waals surface area contributed by atoms with Crippen LogP contribution in [0.15, 0.2) is 48.5 Å². The van der Waals surface area contributed by atoms with Gasteiger partial charge in [0, 0.05) is 24.2 Å². The molecule has 7 heteroatoms. The van der Waals surface area contributed by atoms with E-state index in [1.165, 1.54) is 0 Å². The van der Waals surface area contributed by atoms with Gasteiger partial charge in [0.25, 0.3) is 5.91 Å². The summed E-state index contributed by atoms with van der Waals surface area (Å²) in [5.41, 5.74) is 0.969. The van der Waals surface area contributed by atoms with Crippen LogP contribution >= 0.6 is 11.6 Å². The van der Waals surface area contributed by atoms with Crippen LogP contribution < -0.4 is 14.8 Å². The number of nitrogens with one attached hydrogen (secondary N) is 1. The number of rotatable bonds is 8. The normalized spacial score (nSPS) is 15.3. The van der Waals surface area contributed by atoms with Crippen molar-refractivity contribution >= 4 is 23.4 Å². The quantitative estimate of drug-likeness (QED) is 0.671. The topological polar surface area (TPSA) is 67.9 Å². The van der Waals surface area contributed by atoms with Crippen molar-refractivity contribution in [2.75, 3.05) is 19.7 Å². The number of ether oxygens (including phenoxy) is 2. The van der Waals surface area contributed by atoms with E-state index < -0.39 is 6.10 Å². The lowest BCUT2D eigenvalue weighted by atomic mass is 10.0. The number of halogens is 1. The molecule has 1 N–H and O–H groups in total. The largest absolute Gasteiger partial charge is 0.494 e. The van der Waals surface area contributed by atoms with E-state index in [2.05, 4.69) is 5.32 Å². The van der Waals surface area contributed by atoms with Crippen LogP contribution in [-0.4, -0.2) is 48.6 Å². The van der Waals surface area contributed by atoms with Gasteiger partial charge < -0.3 is 19.7 Å². The summed E-state index contributed by atoms with van der Waals surface area (Å²) in [5.74, 6) is 1.36. The molecule has 1 aliphatic rings. The van der Waals surface area contributed by atoms with E-state index in [4.69, 9.17) is 21.1 Å². The lowest BCUT2D eigenvalue weighted by Crippen LogP contribution is -2.49. The smallest absolute Gasteiger partial charge is 0.260 e. The molecule has 0 bridgehead atoms. The van der Waals surface area contributed by atoms with Crippen molar-refractivity contribution in [1.82, 2.24) is 10.2 Å². The molecule has 1 unspecified atom stereocenters. The zero-order chi connectivity index (χ0) is 22.2. The Morgan fingerprint density at radius 1 is 1.06 bits per heavy atom. The number of benzene rings is 2. The number of carbonyl (C=O) groups is 2. The average Bonchev–Trinajstić information content (AvgIpc) is 2.77. The molecule has 0 aromatic heterocycles. The summed E-state index contributed by atoms with van der Waals surface area (Å²) >= 11 is 5.87. The number of nitrogens with zero attached hydrogens (tertiary/aromatic N) is 1. The summed E-state index contributed by atoms with van der Waals surface area (Å²) < 4.78 is 11.1.